The molecule has 1 aromatic carbocycles. The topological polar surface area (TPSA) is 48.1 Å². The third-order valence-corrected chi connectivity index (χ3v) is 2.25. The van der Waals surface area contributed by atoms with Gasteiger partial charge >= 0.3 is 0 Å². The van der Waals surface area contributed by atoms with E-state index in [1.54, 1.807) is 24.3 Å². The van der Waals surface area contributed by atoms with E-state index >= 15 is 0 Å². The van der Waals surface area contributed by atoms with E-state index in [0.29, 0.717) is 17.3 Å². The lowest BCUT2D eigenvalue weighted by Gasteiger charge is -2.06. The van der Waals surface area contributed by atoms with Crippen LogP contribution >= 0.6 is 0 Å². The highest BCUT2D eigenvalue weighted by Crippen LogP contribution is 2.24. The molecule has 0 bridgehead atoms. The molecule has 2 N–H and O–H groups in total. The highest BCUT2D eigenvalue weighted by molar-refractivity contribution is 5.63. The van der Waals surface area contributed by atoms with E-state index in [0.717, 1.165) is 5.56 Å². The van der Waals surface area contributed by atoms with E-state index in [2.05, 4.69) is 4.98 Å². The number of halogens is 1. The molecule has 0 unspecified atom stereocenters. The minimum absolute atomic E-state index is 0.273. The van der Waals surface area contributed by atoms with Gasteiger partial charge in [0.05, 0.1) is 12.8 Å². The first-order valence-corrected chi connectivity index (χ1v) is 4.77. The molecule has 0 aliphatic heterocycles. The summed E-state index contributed by atoms with van der Waals surface area (Å²) in [6.45, 7) is 0. The zero-order valence-corrected chi connectivity index (χ0v) is 8.77. The Hall–Kier alpha value is -2.10. The monoisotopic (exact) mass is 218 g/mol. The SMILES string of the molecule is COc1ccc(-c2ccc(F)cc2)nc1N. The molecule has 1 heterocycles. The van der Waals surface area contributed by atoms with Gasteiger partial charge in [-0.25, -0.2) is 9.37 Å². The summed E-state index contributed by atoms with van der Waals surface area (Å²) in [5.74, 6) is 0.584. The Balaban J connectivity index is 2.41. The summed E-state index contributed by atoms with van der Waals surface area (Å²) in [5.41, 5.74) is 7.20. The van der Waals surface area contributed by atoms with Gasteiger partial charge in [-0.1, -0.05) is 0 Å². The summed E-state index contributed by atoms with van der Waals surface area (Å²) >= 11 is 0. The van der Waals surface area contributed by atoms with Crippen molar-refractivity contribution in [2.45, 2.75) is 0 Å². The number of pyridine rings is 1. The highest BCUT2D eigenvalue weighted by Gasteiger charge is 2.04. The summed E-state index contributed by atoms with van der Waals surface area (Å²) in [6, 6.07) is 9.60. The average molecular weight is 218 g/mol. The summed E-state index contributed by atoms with van der Waals surface area (Å²) in [5, 5.41) is 0. The Kier molecular flexibility index (Phi) is 2.72. The Morgan fingerprint density at radius 3 is 2.38 bits per heavy atom. The van der Waals surface area contributed by atoms with Crippen LogP contribution < -0.4 is 10.5 Å². The second-order valence-corrected chi connectivity index (χ2v) is 3.29. The smallest absolute Gasteiger partial charge is 0.166 e. The van der Waals surface area contributed by atoms with E-state index in [4.69, 9.17) is 10.5 Å². The van der Waals surface area contributed by atoms with E-state index in [-0.39, 0.29) is 5.82 Å². The second-order valence-electron chi connectivity index (χ2n) is 3.29. The Morgan fingerprint density at radius 1 is 1.12 bits per heavy atom. The molecule has 82 valence electrons. The first-order chi connectivity index (χ1) is 7.70. The first kappa shape index (κ1) is 10.4. The molecule has 0 aliphatic rings. The van der Waals surface area contributed by atoms with E-state index < -0.39 is 0 Å². The van der Waals surface area contributed by atoms with Crippen molar-refractivity contribution in [3.05, 3.63) is 42.2 Å². The van der Waals surface area contributed by atoms with Crippen LogP contribution in [0.4, 0.5) is 10.2 Å². The van der Waals surface area contributed by atoms with Gasteiger partial charge in [-0.05, 0) is 36.4 Å². The Labute approximate surface area is 92.7 Å². The maximum Gasteiger partial charge on any atom is 0.166 e. The van der Waals surface area contributed by atoms with Crippen molar-refractivity contribution in [2.24, 2.45) is 0 Å². The minimum atomic E-state index is -0.273. The predicted octanol–water partition coefficient (Wildman–Crippen LogP) is 2.48. The van der Waals surface area contributed by atoms with Crippen LogP contribution in [0.3, 0.4) is 0 Å². The van der Waals surface area contributed by atoms with Crippen molar-refractivity contribution < 1.29 is 9.13 Å². The normalized spacial score (nSPS) is 10.1. The Morgan fingerprint density at radius 2 is 1.81 bits per heavy atom. The quantitative estimate of drug-likeness (QED) is 0.842. The zero-order valence-electron chi connectivity index (χ0n) is 8.77. The standard InChI is InChI=1S/C12H11FN2O/c1-16-11-7-6-10(15-12(11)14)8-2-4-9(13)5-3-8/h2-7H,1H3,(H2,14,15). The maximum atomic E-state index is 12.7. The van der Waals surface area contributed by atoms with E-state index in [9.17, 15) is 4.39 Å². The molecule has 2 rings (SSSR count). The largest absolute Gasteiger partial charge is 0.493 e. The third-order valence-electron chi connectivity index (χ3n) is 2.25. The predicted molar refractivity (Wildman–Crippen MR) is 60.6 cm³/mol. The van der Waals surface area contributed by atoms with Crippen LogP contribution in [0.5, 0.6) is 5.75 Å². The molecule has 0 spiro atoms. The van der Waals surface area contributed by atoms with Crippen LogP contribution in [0.2, 0.25) is 0 Å². The molecule has 0 amide bonds. The molecule has 0 radical (unpaired) electrons. The fraction of sp³-hybridized carbons (Fsp3) is 0.0833. The number of hydrogen-bond donors (Lipinski definition) is 1. The molecule has 3 nitrogen and oxygen atoms in total. The van der Waals surface area contributed by atoms with Gasteiger partial charge in [0.2, 0.25) is 0 Å². The minimum Gasteiger partial charge on any atom is -0.493 e. The molecule has 2 aromatic rings. The van der Waals surface area contributed by atoms with Gasteiger partial charge in [0, 0.05) is 5.56 Å². The molecule has 0 fully saturated rings. The maximum absolute atomic E-state index is 12.7. The number of methoxy groups -OCH3 is 1. The van der Waals surface area contributed by atoms with Crippen molar-refractivity contribution >= 4 is 5.82 Å². The fourth-order valence-electron chi connectivity index (χ4n) is 1.42. The molecular formula is C12H11FN2O. The Bertz CT molecular complexity index is 497. The number of nitrogens with two attached hydrogens (primary N) is 1. The number of rotatable bonds is 2. The van der Waals surface area contributed by atoms with Crippen molar-refractivity contribution in [2.75, 3.05) is 12.8 Å². The number of hydrogen-bond acceptors (Lipinski definition) is 3. The molecular weight excluding hydrogens is 207 g/mol. The van der Waals surface area contributed by atoms with Crippen LogP contribution in [0.25, 0.3) is 11.3 Å². The molecule has 0 saturated heterocycles. The number of aromatic nitrogens is 1. The number of anilines is 1. The zero-order chi connectivity index (χ0) is 11.5. The van der Waals surface area contributed by atoms with Gasteiger partial charge in [-0.3, -0.25) is 0 Å². The van der Waals surface area contributed by atoms with Crippen molar-refractivity contribution in [3.63, 3.8) is 0 Å². The number of nitrogens with zero attached hydrogens (tertiary/aromatic N) is 1. The van der Waals surface area contributed by atoms with Crippen molar-refractivity contribution in [3.8, 4) is 17.0 Å². The lowest BCUT2D eigenvalue weighted by molar-refractivity contribution is 0.415. The molecule has 1 aromatic heterocycles. The third kappa shape index (κ3) is 1.95. The summed E-state index contributed by atoms with van der Waals surface area (Å²) in [6.07, 6.45) is 0. The molecule has 4 heteroatoms. The van der Waals surface area contributed by atoms with Crippen LogP contribution in [-0.4, -0.2) is 12.1 Å². The lowest BCUT2D eigenvalue weighted by Crippen LogP contribution is -1.96. The van der Waals surface area contributed by atoms with E-state index in [1.807, 2.05) is 0 Å². The van der Waals surface area contributed by atoms with E-state index in [1.165, 1.54) is 19.2 Å². The van der Waals surface area contributed by atoms with Crippen LogP contribution in [0.15, 0.2) is 36.4 Å². The van der Waals surface area contributed by atoms with Gasteiger partial charge in [-0.15, -0.1) is 0 Å². The van der Waals surface area contributed by atoms with Crippen LogP contribution in [0.1, 0.15) is 0 Å². The van der Waals surface area contributed by atoms with Crippen LogP contribution in [0, 0.1) is 5.82 Å². The summed E-state index contributed by atoms with van der Waals surface area (Å²) in [7, 11) is 1.53. The fourth-order valence-corrected chi connectivity index (χ4v) is 1.42. The summed E-state index contributed by atoms with van der Waals surface area (Å²) < 4.78 is 17.7. The number of ether oxygens (including phenoxy) is 1. The number of nitrogen functional groups attached to an aromatic ring is 1. The summed E-state index contributed by atoms with van der Waals surface area (Å²) in [4.78, 5) is 4.17. The van der Waals surface area contributed by atoms with Crippen molar-refractivity contribution in [1.29, 1.82) is 0 Å². The number of benzene rings is 1. The molecule has 0 aliphatic carbocycles. The molecule has 0 atom stereocenters. The molecule has 16 heavy (non-hydrogen) atoms. The van der Waals surface area contributed by atoms with Crippen molar-refractivity contribution in [1.82, 2.24) is 4.98 Å². The second kappa shape index (κ2) is 4.18. The molecule has 0 saturated carbocycles. The van der Waals surface area contributed by atoms with Gasteiger partial charge in [0.15, 0.2) is 11.6 Å². The van der Waals surface area contributed by atoms with Gasteiger partial charge < -0.3 is 10.5 Å². The van der Waals surface area contributed by atoms with Gasteiger partial charge in [0.25, 0.3) is 0 Å². The average Bonchev–Trinajstić information content (AvgIpc) is 2.30. The first-order valence-electron chi connectivity index (χ1n) is 4.77. The van der Waals surface area contributed by atoms with Gasteiger partial charge in [0.1, 0.15) is 5.82 Å². The van der Waals surface area contributed by atoms with Crippen LogP contribution in [-0.2, 0) is 0 Å². The van der Waals surface area contributed by atoms with Gasteiger partial charge in [-0.2, -0.15) is 0 Å². The highest BCUT2D eigenvalue weighted by atomic mass is 19.1. The lowest BCUT2D eigenvalue weighted by atomic mass is 10.1.